The van der Waals surface area contributed by atoms with E-state index in [1.54, 1.807) is 19.3 Å². The van der Waals surface area contributed by atoms with E-state index in [0.717, 1.165) is 10.9 Å². The molecule has 0 fully saturated rings. The van der Waals surface area contributed by atoms with E-state index < -0.39 is 5.25 Å². The first-order chi connectivity index (χ1) is 14.4. The molecule has 1 atom stereocenters. The predicted molar refractivity (Wildman–Crippen MR) is 117 cm³/mol. The van der Waals surface area contributed by atoms with Gasteiger partial charge >= 0.3 is 0 Å². The molecule has 4 aromatic rings. The monoisotopic (exact) mass is 419 g/mol. The van der Waals surface area contributed by atoms with Gasteiger partial charge in [0.15, 0.2) is 23.2 Å². The zero-order valence-corrected chi connectivity index (χ0v) is 18.0. The fourth-order valence-corrected chi connectivity index (χ4v) is 4.60. The summed E-state index contributed by atoms with van der Waals surface area (Å²) in [6.07, 6.45) is 1.58. The van der Waals surface area contributed by atoms with Crippen LogP contribution in [0.5, 0.6) is 0 Å². The lowest BCUT2D eigenvalue weighted by molar-refractivity contribution is 0.0988. The molecule has 0 saturated heterocycles. The Balaban J connectivity index is 1.71. The summed E-state index contributed by atoms with van der Waals surface area (Å²) < 4.78 is 5.46. The number of carbonyl (C=O) groups is 2. The molecule has 1 N–H and O–H groups in total. The van der Waals surface area contributed by atoms with Crippen LogP contribution in [0.1, 0.15) is 46.0 Å². The lowest BCUT2D eigenvalue weighted by Crippen LogP contribution is -2.16. The van der Waals surface area contributed by atoms with Crippen LogP contribution in [0.2, 0.25) is 0 Å². The summed E-state index contributed by atoms with van der Waals surface area (Å²) in [7, 11) is 0. The molecule has 0 aliphatic heterocycles. The van der Waals surface area contributed by atoms with Gasteiger partial charge in [0, 0.05) is 16.6 Å². The van der Waals surface area contributed by atoms with Crippen molar-refractivity contribution >= 4 is 34.2 Å². The highest BCUT2D eigenvalue weighted by molar-refractivity contribution is 8.00. The first-order valence-electron chi connectivity index (χ1n) is 9.58. The average Bonchev–Trinajstić information content (AvgIpc) is 3.35. The molecular weight excluding hydrogens is 398 g/mol. The number of aromatic amines is 1. The number of fused-ring (bicyclic) bond motifs is 1. The van der Waals surface area contributed by atoms with Crippen LogP contribution in [-0.4, -0.2) is 31.8 Å². The van der Waals surface area contributed by atoms with E-state index in [0.29, 0.717) is 39.1 Å². The van der Waals surface area contributed by atoms with Gasteiger partial charge in [0.25, 0.3) is 0 Å². The number of para-hydroxylation sites is 1. The van der Waals surface area contributed by atoms with Crippen molar-refractivity contribution in [2.45, 2.75) is 38.0 Å². The maximum Gasteiger partial charge on any atom is 0.197 e. The summed E-state index contributed by atoms with van der Waals surface area (Å²) >= 11 is 1.37. The van der Waals surface area contributed by atoms with Crippen LogP contribution in [0.3, 0.4) is 0 Å². The number of ketones is 2. The number of thioether (sulfide) groups is 1. The minimum absolute atomic E-state index is 0.0505. The Morgan fingerprint density at radius 2 is 1.87 bits per heavy atom. The van der Waals surface area contributed by atoms with E-state index in [-0.39, 0.29) is 11.6 Å². The minimum atomic E-state index is -0.413. The van der Waals surface area contributed by atoms with Gasteiger partial charge in [0.05, 0.1) is 22.7 Å². The Morgan fingerprint density at radius 3 is 2.53 bits per heavy atom. The second kappa shape index (κ2) is 7.91. The fourth-order valence-electron chi connectivity index (χ4n) is 3.60. The molecule has 6 nitrogen and oxygen atoms in total. The maximum atomic E-state index is 13.2. The lowest BCUT2D eigenvalue weighted by atomic mass is 10.0. The number of nitrogens with one attached hydrogen (secondary N) is 1. The van der Waals surface area contributed by atoms with Gasteiger partial charge in [-0.15, -0.1) is 0 Å². The summed E-state index contributed by atoms with van der Waals surface area (Å²) in [5.41, 5.74) is 3.26. The molecule has 0 amide bonds. The first kappa shape index (κ1) is 20.1. The third-order valence-corrected chi connectivity index (χ3v) is 6.11. The molecule has 0 spiro atoms. The largest absolute Gasteiger partial charge is 0.461 e. The first-order valence-corrected chi connectivity index (χ1v) is 10.5. The molecule has 0 bridgehead atoms. The van der Waals surface area contributed by atoms with Crippen LogP contribution in [0, 0.1) is 13.8 Å². The summed E-state index contributed by atoms with van der Waals surface area (Å²) in [6, 6.07) is 11.3. The van der Waals surface area contributed by atoms with Gasteiger partial charge in [0.2, 0.25) is 0 Å². The van der Waals surface area contributed by atoms with Crippen molar-refractivity contribution in [3.05, 3.63) is 65.2 Å². The van der Waals surface area contributed by atoms with Gasteiger partial charge in [0.1, 0.15) is 5.03 Å². The summed E-state index contributed by atoms with van der Waals surface area (Å²) in [4.78, 5) is 37.5. The zero-order valence-electron chi connectivity index (χ0n) is 17.1. The Hall–Kier alpha value is -3.19. The van der Waals surface area contributed by atoms with Gasteiger partial charge in [-0.2, -0.15) is 0 Å². The number of aromatic nitrogens is 3. The van der Waals surface area contributed by atoms with E-state index in [9.17, 15) is 9.59 Å². The van der Waals surface area contributed by atoms with Crippen LogP contribution in [0.25, 0.3) is 22.5 Å². The highest BCUT2D eigenvalue weighted by atomic mass is 32.2. The lowest BCUT2D eigenvalue weighted by Gasteiger charge is -2.12. The standard InChI is InChI=1S/C23H21N3O3S/c1-12-19(14(3)27)13(2)24-20(12)21(28)15(4)30-23-16-8-5-6-9-17(16)25-22(26-23)18-10-7-11-29-18/h5-11,15,24H,1-4H3. The van der Waals surface area contributed by atoms with Crippen molar-refractivity contribution in [3.8, 4) is 11.6 Å². The number of H-pyrrole nitrogens is 1. The van der Waals surface area contributed by atoms with E-state index in [1.807, 2.05) is 44.2 Å². The van der Waals surface area contributed by atoms with Gasteiger partial charge < -0.3 is 9.40 Å². The average molecular weight is 420 g/mol. The van der Waals surface area contributed by atoms with Crippen molar-refractivity contribution in [2.75, 3.05) is 0 Å². The highest BCUT2D eigenvalue weighted by Crippen LogP contribution is 2.33. The SMILES string of the molecule is CC(=O)c1c(C)[nH]c(C(=O)C(C)Sc2nc(-c3ccco3)nc3ccccc23)c1C. The quantitative estimate of drug-likeness (QED) is 0.256. The molecule has 1 aromatic carbocycles. The molecule has 0 saturated carbocycles. The molecule has 30 heavy (non-hydrogen) atoms. The van der Waals surface area contributed by atoms with E-state index in [1.165, 1.54) is 18.7 Å². The number of hydrogen-bond donors (Lipinski definition) is 1. The summed E-state index contributed by atoms with van der Waals surface area (Å²) in [5.74, 6) is 0.927. The van der Waals surface area contributed by atoms with Crippen molar-refractivity contribution in [3.63, 3.8) is 0 Å². The predicted octanol–water partition coefficient (Wildman–Crippen LogP) is 5.40. The Morgan fingerprint density at radius 1 is 1.10 bits per heavy atom. The second-order valence-corrected chi connectivity index (χ2v) is 8.48. The van der Waals surface area contributed by atoms with Crippen molar-refractivity contribution in [1.29, 1.82) is 0 Å². The van der Waals surface area contributed by atoms with Crippen LogP contribution in [0.4, 0.5) is 0 Å². The second-order valence-electron chi connectivity index (χ2n) is 7.15. The third kappa shape index (κ3) is 3.57. The molecular formula is C23H21N3O3S. The topological polar surface area (TPSA) is 88.9 Å². The molecule has 4 rings (SSSR count). The number of Topliss-reactive ketones (excluding diaryl/α,β-unsaturated/α-hetero) is 2. The van der Waals surface area contributed by atoms with Crippen LogP contribution in [0.15, 0.2) is 52.1 Å². The molecule has 7 heteroatoms. The van der Waals surface area contributed by atoms with Crippen LogP contribution >= 0.6 is 11.8 Å². The minimum Gasteiger partial charge on any atom is -0.461 e. The molecule has 152 valence electrons. The number of aryl methyl sites for hydroxylation is 1. The number of rotatable bonds is 6. The number of nitrogens with zero attached hydrogens (tertiary/aromatic N) is 2. The zero-order chi connectivity index (χ0) is 21.4. The van der Waals surface area contributed by atoms with E-state index >= 15 is 0 Å². The van der Waals surface area contributed by atoms with Crippen molar-refractivity contribution in [2.24, 2.45) is 0 Å². The highest BCUT2D eigenvalue weighted by Gasteiger charge is 2.25. The Bertz CT molecular complexity index is 1260. The van der Waals surface area contributed by atoms with Gasteiger partial charge in [-0.05, 0) is 51.5 Å². The number of hydrogen-bond acceptors (Lipinski definition) is 6. The molecule has 0 aliphatic carbocycles. The summed E-state index contributed by atoms with van der Waals surface area (Å²) in [5, 5.41) is 1.17. The van der Waals surface area contributed by atoms with E-state index in [4.69, 9.17) is 4.42 Å². The fraction of sp³-hybridized carbons (Fsp3) is 0.217. The molecule has 3 aromatic heterocycles. The smallest absolute Gasteiger partial charge is 0.197 e. The van der Waals surface area contributed by atoms with Crippen LogP contribution in [-0.2, 0) is 0 Å². The molecule has 0 radical (unpaired) electrons. The molecule has 1 unspecified atom stereocenters. The third-order valence-electron chi connectivity index (χ3n) is 5.00. The Labute approximate surface area is 178 Å². The van der Waals surface area contributed by atoms with Gasteiger partial charge in [-0.25, -0.2) is 9.97 Å². The van der Waals surface area contributed by atoms with Crippen molar-refractivity contribution in [1.82, 2.24) is 15.0 Å². The normalized spacial score (nSPS) is 12.3. The van der Waals surface area contributed by atoms with E-state index in [2.05, 4.69) is 15.0 Å². The van der Waals surface area contributed by atoms with Crippen LogP contribution < -0.4 is 0 Å². The maximum absolute atomic E-state index is 13.2. The Kier molecular flexibility index (Phi) is 5.30. The van der Waals surface area contributed by atoms with Gasteiger partial charge in [-0.1, -0.05) is 30.0 Å². The molecule has 0 aliphatic rings. The van der Waals surface area contributed by atoms with Gasteiger partial charge in [-0.3, -0.25) is 9.59 Å². The number of carbonyl (C=O) groups excluding carboxylic acids is 2. The number of benzene rings is 1. The number of furan rings is 1. The van der Waals surface area contributed by atoms with Crippen molar-refractivity contribution < 1.29 is 14.0 Å². The summed E-state index contributed by atoms with van der Waals surface area (Å²) in [6.45, 7) is 6.98. The molecule has 3 heterocycles.